The molecule has 2 fully saturated rings. The first kappa shape index (κ1) is 14.7. The van der Waals surface area contributed by atoms with Crippen LogP contribution in [-0.2, 0) is 0 Å². The average Bonchev–Trinajstić information content (AvgIpc) is 2.22. The number of rotatable bonds is 2. The van der Waals surface area contributed by atoms with Crippen molar-refractivity contribution in [2.45, 2.75) is 57.8 Å². The van der Waals surface area contributed by atoms with E-state index in [1.54, 1.807) is 0 Å². The molecule has 106 valence electrons. The molecule has 2 nitrogen and oxygen atoms in total. The summed E-state index contributed by atoms with van der Waals surface area (Å²) >= 11 is 2.08. The van der Waals surface area contributed by atoms with Crippen molar-refractivity contribution in [2.75, 3.05) is 25.4 Å². The SMILES string of the molecule is CC1(C)CCC(O)C(CN2CCSC(C)(C)C2)C1. The van der Waals surface area contributed by atoms with E-state index in [9.17, 15) is 5.11 Å². The van der Waals surface area contributed by atoms with E-state index in [1.165, 1.54) is 31.7 Å². The highest BCUT2D eigenvalue weighted by Crippen LogP contribution is 2.39. The molecular weight excluding hydrogens is 242 g/mol. The van der Waals surface area contributed by atoms with Crippen LogP contribution in [0.2, 0.25) is 0 Å². The van der Waals surface area contributed by atoms with E-state index < -0.39 is 0 Å². The van der Waals surface area contributed by atoms with Crippen molar-refractivity contribution in [1.82, 2.24) is 4.90 Å². The van der Waals surface area contributed by atoms with Gasteiger partial charge in [-0.2, -0.15) is 11.8 Å². The van der Waals surface area contributed by atoms with Crippen LogP contribution in [0.3, 0.4) is 0 Å². The highest BCUT2D eigenvalue weighted by atomic mass is 32.2. The number of hydrogen-bond donors (Lipinski definition) is 1. The lowest BCUT2D eigenvalue weighted by Gasteiger charge is -2.43. The number of aliphatic hydroxyl groups is 1. The smallest absolute Gasteiger partial charge is 0.0581 e. The zero-order chi connectivity index (χ0) is 13.4. The van der Waals surface area contributed by atoms with Gasteiger partial charge in [0.25, 0.3) is 0 Å². The summed E-state index contributed by atoms with van der Waals surface area (Å²) in [7, 11) is 0. The second kappa shape index (κ2) is 5.34. The fourth-order valence-corrected chi connectivity index (χ4v) is 4.69. The van der Waals surface area contributed by atoms with E-state index in [-0.39, 0.29) is 6.10 Å². The largest absolute Gasteiger partial charge is 0.393 e. The molecule has 18 heavy (non-hydrogen) atoms. The maximum Gasteiger partial charge on any atom is 0.0581 e. The van der Waals surface area contributed by atoms with E-state index in [0.717, 1.165) is 13.0 Å². The lowest BCUT2D eigenvalue weighted by Crippen LogP contribution is -2.48. The highest BCUT2D eigenvalue weighted by Gasteiger charge is 2.36. The Morgan fingerprint density at radius 1 is 1.28 bits per heavy atom. The Bertz CT molecular complexity index is 290. The summed E-state index contributed by atoms with van der Waals surface area (Å²) in [5.74, 6) is 1.71. The molecule has 1 aliphatic carbocycles. The molecule has 0 bridgehead atoms. The molecule has 0 aromatic rings. The van der Waals surface area contributed by atoms with E-state index in [1.807, 2.05) is 0 Å². The number of thioether (sulfide) groups is 1. The number of aliphatic hydroxyl groups excluding tert-OH is 1. The van der Waals surface area contributed by atoms with Gasteiger partial charge in [0, 0.05) is 30.1 Å². The van der Waals surface area contributed by atoms with Crippen LogP contribution in [0.1, 0.15) is 47.0 Å². The van der Waals surface area contributed by atoms with Gasteiger partial charge in [-0.25, -0.2) is 0 Å². The van der Waals surface area contributed by atoms with E-state index in [0.29, 0.717) is 16.1 Å². The van der Waals surface area contributed by atoms with Gasteiger partial charge in [0.2, 0.25) is 0 Å². The van der Waals surface area contributed by atoms with Crippen molar-refractivity contribution < 1.29 is 5.11 Å². The van der Waals surface area contributed by atoms with Gasteiger partial charge >= 0.3 is 0 Å². The minimum absolute atomic E-state index is 0.0734. The quantitative estimate of drug-likeness (QED) is 0.835. The second-order valence-corrected chi connectivity index (χ2v) is 9.38. The van der Waals surface area contributed by atoms with E-state index in [2.05, 4.69) is 44.4 Å². The lowest BCUT2D eigenvalue weighted by atomic mass is 9.70. The first-order valence-corrected chi connectivity index (χ1v) is 8.30. The first-order valence-electron chi connectivity index (χ1n) is 7.32. The van der Waals surface area contributed by atoms with Crippen molar-refractivity contribution >= 4 is 11.8 Å². The molecular formula is C15H29NOS. The summed E-state index contributed by atoms with van der Waals surface area (Å²) in [5.41, 5.74) is 0.421. The molecule has 1 N–H and O–H groups in total. The van der Waals surface area contributed by atoms with Crippen LogP contribution >= 0.6 is 11.8 Å². The Hall–Kier alpha value is 0.270. The minimum Gasteiger partial charge on any atom is -0.393 e. The van der Waals surface area contributed by atoms with Crippen LogP contribution in [0.4, 0.5) is 0 Å². The van der Waals surface area contributed by atoms with Gasteiger partial charge in [-0.05, 0) is 44.4 Å². The van der Waals surface area contributed by atoms with E-state index in [4.69, 9.17) is 0 Å². The van der Waals surface area contributed by atoms with Crippen LogP contribution in [-0.4, -0.2) is 46.2 Å². The van der Waals surface area contributed by atoms with Gasteiger partial charge in [0.1, 0.15) is 0 Å². The molecule has 0 radical (unpaired) electrons. The van der Waals surface area contributed by atoms with Gasteiger partial charge in [-0.1, -0.05) is 13.8 Å². The number of nitrogens with zero attached hydrogens (tertiary/aromatic N) is 1. The third kappa shape index (κ3) is 3.88. The molecule has 1 saturated carbocycles. The Balaban J connectivity index is 1.91. The molecule has 0 amide bonds. The van der Waals surface area contributed by atoms with Crippen molar-refractivity contribution in [3.05, 3.63) is 0 Å². The van der Waals surface area contributed by atoms with Gasteiger partial charge in [0.15, 0.2) is 0 Å². The Kier molecular flexibility index (Phi) is 4.35. The molecule has 3 heteroatoms. The minimum atomic E-state index is -0.0734. The standard InChI is InChI=1S/C15H29NOS/c1-14(2)6-5-13(17)12(9-14)10-16-7-8-18-15(3,4)11-16/h12-13,17H,5-11H2,1-4H3. The molecule has 2 unspecified atom stereocenters. The van der Waals surface area contributed by atoms with Gasteiger partial charge in [0.05, 0.1) is 6.10 Å². The molecule has 1 saturated heterocycles. The normalized spacial score (nSPS) is 36.5. The summed E-state index contributed by atoms with van der Waals surface area (Å²) < 4.78 is 0.382. The lowest BCUT2D eigenvalue weighted by molar-refractivity contribution is 0.00364. The molecule has 0 aromatic carbocycles. The van der Waals surface area contributed by atoms with Crippen molar-refractivity contribution in [3.8, 4) is 0 Å². The second-order valence-electron chi connectivity index (χ2n) is 7.58. The summed E-state index contributed by atoms with van der Waals surface area (Å²) in [6.45, 7) is 12.8. The third-order valence-electron chi connectivity index (χ3n) is 4.47. The first-order chi connectivity index (χ1) is 8.27. The van der Waals surface area contributed by atoms with Crippen molar-refractivity contribution in [3.63, 3.8) is 0 Å². The summed E-state index contributed by atoms with van der Waals surface area (Å²) in [4.78, 5) is 2.58. The Labute approximate surface area is 117 Å². The fraction of sp³-hybridized carbons (Fsp3) is 1.00. The summed E-state index contributed by atoms with van der Waals surface area (Å²) in [6, 6.07) is 0. The molecule has 0 aromatic heterocycles. The Morgan fingerprint density at radius 2 is 2.00 bits per heavy atom. The monoisotopic (exact) mass is 271 g/mol. The molecule has 2 atom stereocenters. The summed E-state index contributed by atoms with van der Waals surface area (Å²) in [5, 5.41) is 10.2. The maximum atomic E-state index is 10.2. The van der Waals surface area contributed by atoms with Gasteiger partial charge in [-0.15, -0.1) is 0 Å². The van der Waals surface area contributed by atoms with E-state index >= 15 is 0 Å². The van der Waals surface area contributed by atoms with Crippen LogP contribution in [0, 0.1) is 11.3 Å². The predicted octanol–water partition coefficient (Wildman–Crippen LogP) is 3.00. The van der Waals surface area contributed by atoms with Crippen molar-refractivity contribution in [1.29, 1.82) is 0 Å². The highest BCUT2D eigenvalue weighted by molar-refractivity contribution is 8.00. The number of hydrogen-bond acceptors (Lipinski definition) is 3. The van der Waals surface area contributed by atoms with Crippen LogP contribution in [0.15, 0.2) is 0 Å². The summed E-state index contributed by atoms with van der Waals surface area (Å²) in [6.07, 6.45) is 3.27. The van der Waals surface area contributed by atoms with Crippen LogP contribution < -0.4 is 0 Å². The molecule has 0 spiro atoms. The van der Waals surface area contributed by atoms with Crippen LogP contribution in [0.5, 0.6) is 0 Å². The topological polar surface area (TPSA) is 23.5 Å². The zero-order valence-electron chi connectivity index (χ0n) is 12.4. The fourth-order valence-electron chi connectivity index (χ4n) is 3.51. The van der Waals surface area contributed by atoms with Crippen molar-refractivity contribution in [2.24, 2.45) is 11.3 Å². The third-order valence-corrected chi connectivity index (χ3v) is 5.77. The molecule has 2 aliphatic rings. The van der Waals surface area contributed by atoms with Crippen LogP contribution in [0.25, 0.3) is 0 Å². The average molecular weight is 271 g/mol. The molecule has 2 rings (SSSR count). The molecule has 1 aliphatic heterocycles. The Morgan fingerprint density at radius 3 is 2.67 bits per heavy atom. The predicted molar refractivity (Wildman–Crippen MR) is 80.1 cm³/mol. The zero-order valence-corrected chi connectivity index (χ0v) is 13.2. The van der Waals surface area contributed by atoms with Gasteiger partial charge < -0.3 is 10.0 Å². The maximum absolute atomic E-state index is 10.2. The molecule has 1 heterocycles. The van der Waals surface area contributed by atoms with Gasteiger partial charge in [-0.3, -0.25) is 0 Å².